The Morgan fingerprint density at radius 1 is 1.28 bits per heavy atom. The number of ketones is 1. The molecule has 0 saturated heterocycles. The summed E-state index contributed by atoms with van der Waals surface area (Å²) in [6.07, 6.45) is -2.14. The minimum absolute atomic E-state index is 0.105. The van der Waals surface area contributed by atoms with Gasteiger partial charge in [0.1, 0.15) is 17.1 Å². The molecule has 0 saturated carbocycles. The van der Waals surface area contributed by atoms with Gasteiger partial charge in [-0.05, 0) is 18.2 Å². The van der Waals surface area contributed by atoms with Crippen LogP contribution in [0.15, 0.2) is 35.1 Å². The molecule has 0 N–H and O–H groups in total. The number of hydrogen-bond acceptors (Lipinski definition) is 3. The Hall–Kier alpha value is -1.82. The predicted molar refractivity (Wildman–Crippen MR) is 56.4 cm³/mol. The van der Waals surface area contributed by atoms with E-state index in [4.69, 9.17) is 16.0 Å². The van der Waals surface area contributed by atoms with Crippen LogP contribution < -0.4 is 0 Å². The van der Waals surface area contributed by atoms with Gasteiger partial charge in [0.25, 0.3) is 0 Å². The van der Waals surface area contributed by atoms with E-state index in [1.165, 1.54) is 18.6 Å². The third kappa shape index (κ3) is 2.38. The average molecular weight is 276 g/mol. The van der Waals surface area contributed by atoms with Gasteiger partial charge in [0.15, 0.2) is 5.78 Å². The molecule has 2 rings (SSSR count). The molecule has 2 aromatic heterocycles. The fraction of sp³-hybridized carbons (Fsp3) is 0.0909. The first-order valence-electron chi connectivity index (χ1n) is 4.70. The first kappa shape index (κ1) is 12.6. The number of carbonyl (C=O) groups excluding carboxylic acids is 1. The van der Waals surface area contributed by atoms with Crippen molar-refractivity contribution in [3.05, 3.63) is 52.7 Å². The van der Waals surface area contributed by atoms with Crippen molar-refractivity contribution in [3.8, 4) is 0 Å². The van der Waals surface area contributed by atoms with E-state index < -0.39 is 22.8 Å². The second-order valence-corrected chi connectivity index (χ2v) is 3.73. The highest BCUT2D eigenvalue weighted by Gasteiger charge is 2.33. The fourth-order valence-corrected chi connectivity index (χ4v) is 1.55. The van der Waals surface area contributed by atoms with Crippen molar-refractivity contribution in [2.75, 3.05) is 0 Å². The molecule has 0 unspecified atom stereocenters. The lowest BCUT2D eigenvalue weighted by Gasteiger charge is -2.07. The van der Waals surface area contributed by atoms with Crippen molar-refractivity contribution >= 4 is 17.4 Å². The summed E-state index contributed by atoms with van der Waals surface area (Å²) >= 11 is 5.58. The van der Waals surface area contributed by atoms with Gasteiger partial charge in [-0.2, -0.15) is 13.2 Å². The monoisotopic (exact) mass is 275 g/mol. The normalized spacial score (nSPS) is 11.6. The summed E-state index contributed by atoms with van der Waals surface area (Å²) in [5, 5.41) is -0.490. The molecular weight excluding hydrogens is 271 g/mol. The van der Waals surface area contributed by atoms with Crippen LogP contribution in [0.2, 0.25) is 5.15 Å². The van der Waals surface area contributed by atoms with Crippen LogP contribution in [-0.2, 0) is 6.18 Å². The van der Waals surface area contributed by atoms with Gasteiger partial charge in [0.05, 0.1) is 17.4 Å². The maximum atomic E-state index is 12.4. The van der Waals surface area contributed by atoms with Crippen molar-refractivity contribution in [1.82, 2.24) is 4.98 Å². The molecule has 2 heterocycles. The van der Waals surface area contributed by atoms with Gasteiger partial charge in [-0.25, -0.2) is 4.98 Å². The Morgan fingerprint density at radius 3 is 2.50 bits per heavy atom. The van der Waals surface area contributed by atoms with E-state index in [0.717, 1.165) is 6.07 Å². The van der Waals surface area contributed by atoms with E-state index in [-0.39, 0.29) is 11.1 Å². The number of halogens is 4. The Balaban J connectivity index is 2.40. The second kappa shape index (κ2) is 4.45. The standard InChI is InChI=1S/C11H5ClF3NO2/c12-10-7(9(17)6-3-4-18-5-6)1-2-8(16-10)11(13,14)15/h1-5H. The van der Waals surface area contributed by atoms with Crippen LogP contribution in [0.1, 0.15) is 21.6 Å². The summed E-state index contributed by atoms with van der Waals surface area (Å²) in [5.41, 5.74) is -1.05. The largest absolute Gasteiger partial charge is 0.472 e. The number of hydrogen-bond donors (Lipinski definition) is 0. The molecule has 0 aromatic carbocycles. The highest BCUT2D eigenvalue weighted by Crippen LogP contribution is 2.30. The van der Waals surface area contributed by atoms with Crippen molar-refractivity contribution in [2.45, 2.75) is 6.18 Å². The molecule has 18 heavy (non-hydrogen) atoms. The quantitative estimate of drug-likeness (QED) is 0.621. The van der Waals surface area contributed by atoms with Crippen molar-refractivity contribution in [2.24, 2.45) is 0 Å². The molecule has 0 radical (unpaired) electrons. The van der Waals surface area contributed by atoms with Gasteiger partial charge in [-0.1, -0.05) is 11.6 Å². The summed E-state index contributed by atoms with van der Waals surface area (Å²) in [5.74, 6) is -0.546. The molecule has 7 heteroatoms. The van der Waals surface area contributed by atoms with Gasteiger partial charge in [-0.15, -0.1) is 0 Å². The van der Waals surface area contributed by atoms with Gasteiger partial charge < -0.3 is 4.42 Å². The summed E-state index contributed by atoms with van der Waals surface area (Å²) in [6, 6.07) is 3.09. The third-order valence-electron chi connectivity index (χ3n) is 2.17. The summed E-state index contributed by atoms with van der Waals surface area (Å²) in [6.45, 7) is 0. The van der Waals surface area contributed by atoms with E-state index in [9.17, 15) is 18.0 Å². The zero-order chi connectivity index (χ0) is 13.3. The Kier molecular flexibility index (Phi) is 3.13. The SMILES string of the molecule is O=C(c1ccoc1)c1ccc(C(F)(F)F)nc1Cl. The maximum Gasteiger partial charge on any atom is 0.433 e. The first-order valence-corrected chi connectivity index (χ1v) is 5.08. The number of nitrogens with zero attached hydrogens (tertiary/aromatic N) is 1. The lowest BCUT2D eigenvalue weighted by atomic mass is 10.1. The van der Waals surface area contributed by atoms with Crippen LogP contribution in [0.25, 0.3) is 0 Å². The Bertz CT molecular complexity index is 578. The molecule has 0 aliphatic rings. The molecule has 0 aliphatic heterocycles. The van der Waals surface area contributed by atoms with Crippen LogP contribution in [0.3, 0.4) is 0 Å². The van der Waals surface area contributed by atoms with Gasteiger partial charge in [0.2, 0.25) is 0 Å². The Morgan fingerprint density at radius 2 is 2.00 bits per heavy atom. The number of aromatic nitrogens is 1. The maximum absolute atomic E-state index is 12.4. The van der Waals surface area contributed by atoms with Crippen LogP contribution >= 0.6 is 11.6 Å². The number of pyridine rings is 1. The summed E-state index contributed by atoms with van der Waals surface area (Å²) < 4.78 is 41.8. The second-order valence-electron chi connectivity index (χ2n) is 3.37. The van der Waals surface area contributed by atoms with E-state index in [1.54, 1.807) is 0 Å². The van der Waals surface area contributed by atoms with Crippen LogP contribution in [0.4, 0.5) is 13.2 Å². The van der Waals surface area contributed by atoms with Gasteiger partial charge >= 0.3 is 6.18 Å². The van der Waals surface area contributed by atoms with Crippen LogP contribution in [0, 0.1) is 0 Å². The molecule has 2 aromatic rings. The Labute approximate surface area is 104 Å². The van der Waals surface area contributed by atoms with Crippen molar-refractivity contribution < 1.29 is 22.4 Å². The zero-order valence-corrected chi connectivity index (χ0v) is 9.42. The minimum Gasteiger partial charge on any atom is -0.472 e. The topological polar surface area (TPSA) is 43.1 Å². The molecule has 0 amide bonds. The third-order valence-corrected chi connectivity index (χ3v) is 2.46. The van der Waals surface area contributed by atoms with Crippen molar-refractivity contribution in [3.63, 3.8) is 0 Å². The molecule has 0 fully saturated rings. The number of furan rings is 1. The lowest BCUT2D eigenvalue weighted by molar-refractivity contribution is -0.141. The van der Waals surface area contributed by atoms with Crippen LogP contribution in [-0.4, -0.2) is 10.8 Å². The van der Waals surface area contributed by atoms with Crippen LogP contribution in [0.5, 0.6) is 0 Å². The summed E-state index contributed by atoms with van der Waals surface area (Å²) in [4.78, 5) is 15.0. The summed E-state index contributed by atoms with van der Waals surface area (Å²) in [7, 11) is 0. The molecule has 0 aliphatic carbocycles. The van der Waals surface area contributed by atoms with Crippen molar-refractivity contribution in [1.29, 1.82) is 0 Å². The first-order chi connectivity index (χ1) is 8.39. The van der Waals surface area contributed by atoms with Gasteiger partial charge in [0, 0.05) is 0 Å². The highest BCUT2D eigenvalue weighted by molar-refractivity contribution is 6.33. The molecular formula is C11H5ClF3NO2. The van der Waals surface area contributed by atoms with E-state index in [1.807, 2.05) is 0 Å². The molecule has 0 atom stereocenters. The molecule has 0 spiro atoms. The predicted octanol–water partition coefficient (Wildman–Crippen LogP) is 3.58. The van der Waals surface area contributed by atoms with E-state index >= 15 is 0 Å². The zero-order valence-electron chi connectivity index (χ0n) is 8.66. The number of rotatable bonds is 2. The molecule has 3 nitrogen and oxygen atoms in total. The average Bonchev–Trinajstić information content (AvgIpc) is 2.80. The highest BCUT2D eigenvalue weighted by atomic mass is 35.5. The number of alkyl halides is 3. The smallest absolute Gasteiger partial charge is 0.433 e. The lowest BCUT2D eigenvalue weighted by Crippen LogP contribution is -2.10. The van der Waals surface area contributed by atoms with E-state index in [0.29, 0.717) is 6.07 Å². The fourth-order valence-electron chi connectivity index (χ4n) is 1.31. The number of carbonyl (C=O) groups is 1. The molecule has 0 bridgehead atoms. The molecule has 94 valence electrons. The minimum atomic E-state index is -4.60. The van der Waals surface area contributed by atoms with Gasteiger partial charge in [-0.3, -0.25) is 4.79 Å². The van der Waals surface area contributed by atoms with E-state index in [2.05, 4.69) is 4.98 Å².